The Bertz CT molecular complexity index is 920. The molecule has 0 aliphatic carbocycles. The molecule has 0 aliphatic heterocycles. The minimum atomic E-state index is -1.06. The van der Waals surface area contributed by atoms with Crippen molar-refractivity contribution in [2.75, 3.05) is 11.9 Å². The molecule has 0 saturated carbocycles. The first-order valence-electron chi connectivity index (χ1n) is 8.58. The van der Waals surface area contributed by atoms with Crippen molar-refractivity contribution in [2.24, 2.45) is 5.73 Å². The average Bonchev–Trinajstić information content (AvgIpc) is 2.71. The molecule has 0 radical (unpaired) electrons. The second-order valence-corrected chi connectivity index (χ2v) is 6.95. The van der Waals surface area contributed by atoms with Crippen LogP contribution in [0.1, 0.15) is 28.9 Å². The van der Waals surface area contributed by atoms with E-state index in [1.807, 2.05) is 0 Å². The standard InChI is InChI=1S/C19H19BrN4O5/c20-11-4-6-14(12(9-11)18(28)15-3-1-2-8-22-15)24-16(25)10-23-19(29)13(21)5-7-17(26)27/h1-4,6,8-9,13H,5,7,10,21H2,(H,23,29)(H,24,25)(H,26,27)/t13-/m0/s1. The van der Waals surface area contributed by atoms with Crippen LogP contribution in [0, 0.1) is 0 Å². The number of anilines is 1. The molecule has 5 N–H and O–H groups in total. The maximum Gasteiger partial charge on any atom is 0.303 e. The molecule has 29 heavy (non-hydrogen) atoms. The molecule has 152 valence electrons. The zero-order valence-corrected chi connectivity index (χ0v) is 16.8. The van der Waals surface area contributed by atoms with Crippen molar-refractivity contribution in [3.05, 3.63) is 58.3 Å². The summed E-state index contributed by atoms with van der Waals surface area (Å²) < 4.78 is 0.646. The number of benzene rings is 1. The number of amides is 2. The Hall–Kier alpha value is -3.11. The minimum Gasteiger partial charge on any atom is -0.481 e. The van der Waals surface area contributed by atoms with E-state index >= 15 is 0 Å². The van der Waals surface area contributed by atoms with Crippen LogP contribution in [0.2, 0.25) is 0 Å². The van der Waals surface area contributed by atoms with Crippen LogP contribution >= 0.6 is 15.9 Å². The lowest BCUT2D eigenvalue weighted by atomic mass is 10.1. The summed E-state index contributed by atoms with van der Waals surface area (Å²) in [5.41, 5.74) is 6.30. The van der Waals surface area contributed by atoms with Crippen molar-refractivity contribution in [3.63, 3.8) is 0 Å². The van der Waals surface area contributed by atoms with Gasteiger partial charge in [0, 0.05) is 22.7 Å². The van der Waals surface area contributed by atoms with Crippen molar-refractivity contribution in [1.82, 2.24) is 10.3 Å². The number of hydrogen-bond acceptors (Lipinski definition) is 6. The van der Waals surface area contributed by atoms with Crippen molar-refractivity contribution < 1.29 is 24.3 Å². The molecule has 1 aromatic heterocycles. The highest BCUT2D eigenvalue weighted by atomic mass is 79.9. The number of carbonyl (C=O) groups is 4. The Balaban J connectivity index is 2.02. The first-order chi connectivity index (χ1) is 13.8. The van der Waals surface area contributed by atoms with Gasteiger partial charge in [0.15, 0.2) is 0 Å². The van der Waals surface area contributed by atoms with E-state index in [4.69, 9.17) is 10.8 Å². The lowest BCUT2D eigenvalue weighted by Gasteiger charge is -2.13. The predicted molar refractivity (Wildman–Crippen MR) is 108 cm³/mol. The third kappa shape index (κ3) is 6.77. The molecule has 10 heteroatoms. The molecular formula is C19H19BrN4O5. The van der Waals surface area contributed by atoms with Crippen molar-refractivity contribution in [2.45, 2.75) is 18.9 Å². The van der Waals surface area contributed by atoms with E-state index in [0.717, 1.165) is 0 Å². The summed E-state index contributed by atoms with van der Waals surface area (Å²) in [6.07, 6.45) is 1.20. The van der Waals surface area contributed by atoms with Gasteiger partial charge in [-0.25, -0.2) is 0 Å². The highest BCUT2D eigenvalue weighted by molar-refractivity contribution is 9.10. The van der Waals surface area contributed by atoms with E-state index in [0.29, 0.717) is 4.47 Å². The number of nitrogens with two attached hydrogens (primary N) is 1. The van der Waals surface area contributed by atoms with Gasteiger partial charge >= 0.3 is 5.97 Å². The molecule has 0 bridgehead atoms. The van der Waals surface area contributed by atoms with E-state index in [1.54, 1.807) is 36.4 Å². The summed E-state index contributed by atoms with van der Waals surface area (Å²) in [5, 5.41) is 13.5. The predicted octanol–water partition coefficient (Wildman–Crippen LogP) is 1.32. The molecule has 1 aromatic carbocycles. The van der Waals surface area contributed by atoms with E-state index < -0.39 is 23.8 Å². The number of aromatic nitrogens is 1. The van der Waals surface area contributed by atoms with Gasteiger partial charge in [0.25, 0.3) is 0 Å². The Morgan fingerprint density at radius 2 is 1.93 bits per heavy atom. The van der Waals surface area contributed by atoms with Gasteiger partial charge in [0.05, 0.1) is 18.3 Å². The van der Waals surface area contributed by atoms with Crippen LogP contribution in [0.4, 0.5) is 5.69 Å². The number of carboxylic acids is 1. The Kier molecular flexibility index (Phi) is 7.98. The van der Waals surface area contributed by atoms with Crippen LogP contribution in [-0.4, -0.2) is 46.2 Å². The molecule has 0 aliphatic rings. The number of pyridine rings is 1. The van der Waals surface area contributed by atoms with Gasteiger partial charge in [-0.1, -0.05) is 22.0 Å². The second kappa shape index (κ2) is 10.4. The fraction of sp³-hybridized carbons (Fsp3) is 0.211. The van der Waals surface area contributed by atoms with Crippen molar-refractivity contribution >= 4 is 45.2 Å². The van der Waals surface area contributed by atoms with Crippen LogP contribution in [0.3, 0.4) is 0 Å². The van der Waals surface area contributed by atoms with Gasteiger partial charge in [-0.05, 0) is 36.8 Å². The Morgan fingerprint density at radius 1 is 1.17 bits per heavy atom. The molecule has 1 atom stereocenters. The quantitative estimate of drug-likeness (QED) is 0.410. The van der Waals surface area contributed by atoms with Crippen LogP contribution in [0.25, 0.3) is 0 Å². The van der Waals surface area contributed by atoms with Gasteiger partial charge in [0.1, 0.15) is 5.69 Å². The Morgan fingerprint density at radius 3 is 2.59 bits per heavy atom. The largest absolute Gasteiger partial charge is 0.481 e. The maximum atomic E-state index is 12.7. The van der Waals surface area contributed by atoms with Crippen LogP contribution in [0.5, 0.6) is 0 Å². The summed E-state index contributed by atoms with van der Waals surface area (Å²) >= 11 is 3.30. The van der Waals surface area contributed by atoms with E-state index in [9.17, 15) is 19.2 Å². The molecule has 0 fully saturated rings. The fourth-order valence-corrected chi connectivity index (χ4v) is 2.71. The summed E-state index contributed by atoms with van der Waals surface area (Å²) in [5.74, 6) is -2.64. The summed E-state index contributed by atoms with van der Waals surface area (Å²) in [6.45, 7) is -0.382. The lowest BCUT2D eigenvalue weighted by molar-refractivity contribution is -0.137. The molecule has 2 rings (SSSR count). The minimum absolute atomic E-state index is 0.0434. The summed E-state index contributed by atoms with van der Waals surface area (Å²) in [4.78, 5) is 51.3. The zero-order valence-electron chi connectivity index (χ0n) is 15.2. The topological polar surface area (TPSA) is 151 Å². The molecule has 1 heterocycles. The van der Waals surface area contributed by atoms with Gasteiger partial charge < -0.3 is 21.5 Å². The number of carboxylic acid groups (broad SMARTS) is 1. The number of ketones is 1. The molecular weight excluding hydrogens is 444 g/mol. The third-order valence-corrected chi connectivity index (χ3v) is 4.32. The molecule has 2 aromatic rings. The summed E-state index contributed by atoms with van der Waals surface area (Å²) in [6, 6.07) is 8.67. The number of nitrogens with zero attached hydrogens (tertiary/aromatic N) is 1. The first kappa shape index (κ1) is 22.2. The van der Waals surface area contributed by atoms with Gasteiger partial charge in [0.2, 0.25) is 17.6 Å². The van der Waals surface area contributed by atoms with Gasteiger partial charge in [-0.2, -0.15) is 0 Å². The molecule has 0 spiro atoms. The van der Waals surface area contributed by atoms with Crippen LogP contribution < -0.4 is 16.4 Å². The smallest absolute Gasteiger partial charge is 0.303 e. The van der Waals surface area contributed by atoms with E-state index in [1.165, 1.54) is 6.20 Å². The van der Waals surface area contributed by atoms with Gasteiger partial charge in [-0.3, -0.25) is 24.2 Å². The van der Waals surface area contributed by atoms with E-state index in [-0.39, 0.29) is 42.1 Å². The monoisotopic (exact) mass is 462 g/mol. The second-order valence-electron chi connectivity index (χ2n) is 6.04. The van der Waals surface area contributed by atoms with Crippen molar-refractivity contribution in [3.8, 4) is 0 Å². The number of carbonyl (C=O) groups excluding carboxylic acids is 3. The molecule has 0 unspecified atom stereocenters. The van der Waals surface area contributed by atoms with E-state index in [2.05, 4.69) is 31.5 Å². The average molecular weight is 463 g/mol. The first-order valence-corrected chi connectivity index (χ1v) is 9.37. The maximum absolute atomic E-state index is 12.7. The molecule has 9 nitrogen and oxygen atoms in total. The highest BCUT2D eigenvalue weighted by Crippen LogP contribution is 2.23. The lowest BCUT2D eigenvalue weighted by Crippen LogP contribution is -2.43. The number of halogens is 1. The highest BCUT2D eigenvalue weighted by Gasteiger charge is 2.19. The fourth-order valence-electron chi connectivity index (χ4n) is 2.35. The molecule has 0 saturated heterocycles. The van der Waals surface area contributed by atoms with Crippen LogP contribution in [-0.2, 0) is 14.4 Å². The SMILES string of the molecule is N[C@@H](CCC(=O)O)C(=O)NCC(=O)Nc1ccc(Br)cc1C(=O)c1ccccn1. The summed E-state index contributed by atoms with van der Waals surface area (Å²) in [7, 11) is 0. The number of rotatable bonds is 9. The molecule has 2 amide bonds. The van der Waals surface area contributed by atoms with Gasteiger partial charge in [-0.15, -0.1) is 0 Å². The zero-order chi connectivity index (χ0) is 21.4. The Labute approximate surface area is 174 Å². The number of nitrogens with one attached hydrogen (secondary N) is 2. The van der Waals surface area contributed by atoms with Crippen LogP contribution in [0.15, 0.2) is 47.1 Å². The third-order valence-electron chi connectivity index (χ3n) is 3.83. The number of aliphatic carboxylic acids is 1. The van der Waals surface area contributed by atoms with Crippen molar-refractivity contribution in [1.29, 1.82) is 0 Å². The normalized spacial score (nSPS) is 11.4. The number of hydrogen-bond donors (Lipinski definition) is 4.